The molecule has 5 heteroatoms. The van der Waals surface area contributed by atoms with Crippen molar-refractivity contribution in [3.63, 3.8) is 0 Å². The molecular weight excluding hydrogens is 483 g/mol. The van der Waals surface area contributed by atoms with Crippen LogP contribution in [0.4, 0.5) is 0 Å². The molecule has 0 amide bonds. The largest absolute Gasteiger partial charge is 4.00 e. The zero-order chi connectivity index (χ0) is 19.9. The first kappa shape index (κ1) is 35.1. The maximum absolute atomic E-state index is 4.01. The van der Waals surface area contributed by atoms with Gasteiger partial charge in [-0.25, -0.2) is 5.57 Å². The van der Waals surface area contributed by atoms with Gasteiger partial charge in [0.2, 0.25) is 0 Å². The number of hydrogen-bond acceptors (Lipinski definition) is 0. The normalized spacial score (nSPS) is 18.3. The van der Waals surface area contributed by atoms with Crippen LogP contribution in [0.15, 0.2) is 34.9 Å². The molecule has 0 radical (unpaired) electrons. The first-order valence-electron chi connectivity index (χ1n) is 10.5. The Morgan fingerprint density at radius 1 is 0.833 bits per heavy atom. The van der Waals surface area contributed by atoms with Gasteiger partial charge < -0.3 is 37.2 Å². The molecule has 0 nitrogen and oxygen atoms in total. The van der Waals surface area contributed by atoms with Crippen molar-refractivity contribution in [3.05, 3.63) is 52.1 Å². The van der Waals surface area contributed by atoms with E-state index in [9.17, 15) is 0 Å². The van der Waals surface area contributed by atoms with E-state index in [4.69, 9.17) is 0 Å². The number of halogens is 3. The first-order valence-corrected chi connectivity index (χ1v) is 12.6. The predicted molar refractivity (Wildman–Crippen MR) is 120 cm³/mol. The Bertz CT molecular complexity index is 723. The van der Waals surface area contributed by atoms with Gasteiger partial charge >= 0.3 is 21.7 Å². The minimum Gasteiger partial charge on any atom is -1.00 e. The van der Waals surface area contributed by atoms with Crippen molar-refractivity contribution in [2.24, 2.45) is 0 Å². The molecule has 0 spiro atoms. The second kappa shape index (κ2) is 13.3. The summed E-state index contributed by atoms with van der Waals surface area (Å²) >= 11 is 0. The van der Waals surface area contributed by atoms with E-state index in [1.54, 1.807) is 10.8 Å². The summed E-state index contributed by atoms with van der Waals surface area (Å²) in [6.07, 6.45) is 6.24. The van der Waals surface area contributed by atoms with Crippen LogP contribution in [0, 0.1) is 6.08 Å². The second-order valence-corrected chi connectivity index (χ2v) is 14.7. The van der Waals surface area contributed by atoms with Crippen LogP contribution in [0.5, 0.6) is 0 Å². The Balaban J connectivity index is -0.00000182. The Kier molecular flexibility index (Phi) is 15.5. The van der Waals surface area contributed by atoms with E-state index in [0.717, 1.165) is 12.8 Å². The van der Waals surface area contributed by atoms with Gasteiger partial charge in [-0.05, 0) is 35.1 Å². The molecule has 0 fully saturated rings. The summed E-state index contributed by atoms with van der Waals surface area (Å²) in [5.74, 6) is 0. The fourth-order valence-electron chi connectivity index (χ4n) is 5.82. The molecule has 1 aromatic rings. The van der Waals surface area contributed by atoms with Crippen molar-refractivity contribution in [1.82, 2.24) is 0 Å². The number of hydrogen-bond donors (Lipinski definition) is 0. The summed E-state index contributed by atoms with van der Waals surface area (Å²) in [4.78, 5) is 0. The quantitative estimate of drug-likeness (QED) is 0.305. The number of benzene rings is 1. The van der Waals surface area contributed by atoms with Crippen molar-refractivity contribution >= 4 is 13.3 Å². The van der Waals surface area contributed by atoms with Crippen molar-refractivity contribution in [2.75, 3.05) is 0 Å². The van der Waals surface area contributed by atoms with Gasteiger partial charge in [-0.2, -0.15) is 11.1 Å². The maximum atomic E-state index is 4.01. The standard InChI is InChI=1S/C25H39Si.3ClH.Ti/c1-11-22-13-23(12-2)15-24(14-22)26(17(3)4,18(5)6)25(10)16-19(7)20(8)21(25)9;;;;/h13-15,17-18H,11-12H2,1-10H3;3*1H;/q-1;;;;+4/p-3. The zero-order valence-electron chi connectivity index (χ0n) is 20.4. The Hall–Kier alpha value is 0.501. The van der Waals surface area contributed by atoms with Crippen LogP contribution in [0.1, 0.15) is 80.4 Å². The Labute approximate surface area is 221 Å². The van der Waals surface area contributed by atoms with E-state index in [0.29, 0.717) is 11.1 Å². The van der Waals surface area contributed by atoms with Crippen LogP contribution >= 0.6 is 0 Å². The van der Waals surface area contributed by atoms with Crippen molar-refractivity contribution in [3.8, 4) is 0 Å². The molecule has 1 aliphatic rings. The fourth-order valence-corrected chi connectivity index (χ4v) is 13.4. The Morgan fingerprint density at radius 3 is 1.50 bits per heavy atom. The van der Waals surface area contributed by atoms with E-state index < -0.39 is 8.07 Å². The fraction of sp³-hybridized carbons (Fsp3) is 0.600. The van der Waals surface area contributed by atoms with Crippen molar-refractivity contribution < 1.29 is 58.9 Å². The van der Waals surface area contributed by atoms with Crippen LogP contribution < -0.4 is 42.4 Å². The average molecular weight is 522 g/mol. The summed E-state index contributed by atoms with van der Waals surface area (Å²) in [5, 5.41) is 1.72. The van der Waals surface area contributed by atoms with E-state index in [2.05, 4.69) is 93.5 Å². The van der Waals surface area contributed by atoms with Gasteiger partial charge in [0.1, 0.15) is 0 Å². The summed E-state index contributed by atoms with van der Waals surface area (Å²) in [6, 6.07) is 7.52. The number of aryl methyl sites for hydroxylation is 2. The van der Waals surface area contributed by atoms with Crippen molar-refractivity contribution in [2.45, 2.75) is 98.2 Å². The van der Waals surface area contributed by atoms with E-state index >= 15 is 0 Å². The third-order valence-corrected chi connectivity index (χ3v) is 14.3. The molecule has 168 valence electrons. The molecule has 30 heavy (non-hydrogen) atoms. The van der Waals surface area contributed by atoms with E-state index in [1.165, 1.54) is 22.3 Å². The summed E-state index contributed by atoms with van der Waals surface area (Å²) in [5.41, 5.74) is 8.70. The van der Waals surface area contributed by atoms with E-state index in [-0.39, 0.29) is 64.0 Å². The molecule has 1 atom stereocenters. The van der Waals surface area contributed by atoms with Crippen LogP contribution in [0.25, 0.3) is 0 Å². The van der Waals surface area contributed by atoms with Gasteiger partial charge in [-0.3, -0.25) is 6.08 Å². The monoisotopic (exact) mass is 520 g/mol. The first-order chi connectivity index (χ1) is 12.1. The minimum absolute atomic E-state index is 0. The van der Waals surface area contributed by atoms with Gasteiger partial charge in [-0.15, -0.1) is 6.92 Å². The van der Waals surface area contributed by atoms with Crippen LogP contribution in [-0.4, -0.2) is 8.07 Å². The molecule has 2 rings (SSSR count). The third kappa shape index (κ3) is 5.52. The summed E-state index contributed by atoms with van der Waals surface area (Å²) in [7, 11) is -1.95. The number of allylic oxidation sites excluding steroid dienone is 4. The molecule has 1 aliphatic carbocycles. The van der Waals surface area contributed by atoms with Crippen LogP contribution in [-0.2, 0) is 34.6 Å². The minimum atomic E-state index is -1.95. The third-order valence-electron chi connectivity index (χ3n) is 7.31. The predicted octanol–water partition coefficient (Wildman–Crippen LogP) is -1.84. The van der Waals surface area contributed by atoms with Gasteiger partial charge in [0.05, 0.1) is 8.07 Å². The molecular formula is C25H39Cl3SiTi. The SMILES string of the molecule is CCc1cc(CC)cc([Si](C(C)C)(C(C)C)C2(C)[C-]=C(C)C(C)=C2C)c1.[Cl-].[Cl-].[Cl-].[Ti+4]. The molecule has 0 aromatic heterocycles. The van der Waals surface area contributed by atoms with Gasteiger partial charge in [-0.1, -0.05) is 90.7 Å². The summed E-state index contributed by atoms with van der Waals surface area (Å²) < 4.78 is 0. The van der Waals surface area contributed by atoms with Gasteiger partial charge in [0, 0.05) is 0 Å². The van der Waals surface area contributed by atoms with Gasteiger partial charge in [0.25, 0.3) is 0 Å². The molecule has 0 saturated heterocycles. The van der Waals surface area contributed by atoms with Gasteiger partial charge in [0.15, 0.2) is 0 Å². The van der Waals surface area contributed by atoms with Crippen molar-refractivity contribution in [1.29, 1.82) is 0 Å². The number of rotatable bonds is 6. The molecule has 1 aromatic carbocycles. The molecule has 0 bridgehead atoms. The molecule has 0 saturated carbocycles. The zero-order valence-corrected chi connectivity index (χ0v) is 25.3. The molecule has 1 unspecified atom stereocenters. The Morgan fingerprint density at radius 2 is 1.23 bits per heavy atom. The molecule has 0 N–H and O–H groups in total. The molecule has 0 heterocycles. The van der Waals surface area contributed by atoms with Crippen LogP contribution in [0.2, 0.25) is 16.1 Å². The topological polar surface area (TPSA) is 0 Å². The molecule has 0 aliphatic heterocycles. The maximum Gasteiger partial charge on any atom is 4.00 e. The average Bonchev–Trinajstić information content (AvgIpc) is 2.78. The smallest absolute Gasteiger partial charge is 1.00 e. The van der Waals surface area contributed by atoms with Crippen LogP contribution in [0.3, 0.4) is 0 Å². The second-order valence-electron chi connectivity index (χ2n) is 9.05. The van der Waals surface area contributed by atoms with E-state index in [1.807, 2.05) is 0 Å². The summed E-state index contributed by atoms with van der Waals surface area (Å²) in [6.45, 7) is 23.9.